The summed E-state index contributed by atoms with van der Waals surface area (Å²) in [4.78, 5) is 17.1. The zero-order valence-corrected chi connectivity index (χ0v) is 9.33. The van der Waals surface area contributed by atoms with E-state index in [0.29, 0.717) is 6.61 Å². The molecule has 2 unspecified atom stereocenters. The zero-order chi connectivity index (χ0) is 11.7. The van der Waals surface area contributed by atoms with E-state index in [9.17, 15) is 4.79 Å². The van der Waals surface area contributed by atoms with Crippen molar-refractivity contribution in [1.29, 1.82) is 0 Å². The molecule has 0 saturated carbocycles. The summed E-state index contributed by atoms with van der Waals surface area (Å²) in [6, 6.07) is -0.154. The monoisotopic (exact) mass is 225 g/mol. The third-order valence-electron chi connectivity index (χ3n) is 2.98. The maximum atomic E-state index is 11.0. The Kier molecular flexibility index (Phi) is 2.82. The van der Waals surface area contributed by atoms with Gasteiger partial charge < -0.3 is 19.3 Å². The summed E-state index contributed by atoms with van der Waals surface area (Å²) in [5.74, 6) is -0.549. The Morgan fingerprint density at radius 3 is 3.00 bits per heavy atom. The number of nitrogens with zero attached hydrogens (tertiary/aromatic N) is 3. The van der Waals surface area contributed by atoms with Crippen molar-refractivity contribution in [1.82, 2.24) is 9.55 Å². The summed E-state index contributed by atoms with van der Waals surface area (Å²) in [5, 5.41) is 9.07. The highest BCUT2D eigenvalue weighted by Crippen LogP contribution is 2.22. The molecule has 0 aromatic carbocycles. The number of aromatic nitrogens is 2. The predicted molar refractivity (Wildman–Crippen MR) is 57.3 cm³/mol. The number of carbonyl (C=O) groups is 1. The highest BCUT2D eigenvalue weighted by atomic mass is 16.5. The predicted octanol–water partition coefficient (Wildman–Crippen LogP) is -0.0441. The Bertz CT molecular complexity index is 390. The molecule has 0 spiro atoms. The molecule has 0 aliphatic carbocycles. The first-order valence-electron chi connectivity index (χ1n) is 5.12. The standard InChI is InChI=1S/C10H15N3O3/c1-12-4-3-11-10(12)13(2)8-6-16-5-7(8)9(14)15/h3-4,7-8H,5-6H2,1-2H3,(H,14,15). The van der Waals surface area contributed by atoms with Crippen molar-refractivity contribution in [3.8, 4) is 0 Å². The van der Waals surface area contributed by atoms with Crippen LogP contribution in [0.3, 0.4) is 0 Å². The van der Waals surface area contributed by atoms with Gasteiger partial charge in [-0.2, -0.15) is 0 Å². The second kappa shape index (κ2) is 4.13. The molecule has 0 amide bonds. The summed E-state index contributed by atoms with van der Waals surface area (Å²) < 4.78 is 7.09. The number of ether oxygens (including phenoxy) is 1. The van der Waals surface area contributed by atoms with Gasteiger partial charge in [-0.05, 0) is 0 Å². The van der Waals surface area contributed by atoms with Crippen LogP contribution in [-0.2, 0) is 16.6 Å². The van der Waals surface area contributed by atoms with Crippen molar-refractivity contribution >= 4 is 11.9 Å². The van der Waals surface area contributed by atoms with E-state index in [0.717, 1.165) is 5.95 Å². The lowest BCUT2D eigenvalue weighted by atomic mass is 10.0. The molecule has 1 aliphatic rings. The van der Waals surface area contributed by atoms with E-state index in [1.807, 2.05) is 29.8 Å². The van der Waals surface area contributed by atoms with Gasteiger partial charge in [0.05, 0.1) is 19.3 Å². The number of imidazole rings is 1. The van der Waals surface area contributed by atoms with Crippen molar-refractivity contribution in [3.05, 3.63) is 12.4 Å². The summed E-state index contributed by atoms with van der Waals surface area (Å²) >= 11 is 0. The second-order valence-corrected chi connectivity index (χ2v) is 4.00. The van der Waals surface area contributed by atoms with Gasteiger partial charge in [0, 0.05) is 26.5 Å². The summed E-state index contributed by atoms with van der Waals surface area (Å²) in [6.45, 7) is 0.703. The van der Waals surface area contributed by atoms with Crippen LogP contribution < -0.4 is 4.90 Å². The van der Waals surface area contributed by atoms with Gasteiger partial charge in [0.15, 0.2) is 0 Å². The number of carboxylic acid groups (broad SMARTS) is 1. The van der Waals surface area contributed by atoms with Gasteiger partial charge in [-0.15, -0.1) is 0 Å². The lowest BCUT2D eigenvalue weighted by molar-refractivity contribution is -0.141. The smallest absolute Gasteiger partial charge is 0.311 e. The first-order chi connectivity index (χ1) is 7.61. The Morgan fingerprint density at radius 2 is 2.44 bits per heavy atom. The van der Waals surface area contributed by atoms with E-state index in [1.165, 1.54) is 0 Å². The minimum atomic E-state index is -0.816. The molecule has 1 aromatic heterocycles. The average molecular weight is 225 g/mol. The normalized spacial score (nSPS) is 24.6. The SMILES string of the molecule is CN(c1nccn1C)C1COCC1C(=O)O. The fourth-order valence-electron chi connectivity index (χ4n) is 2.01. The van der Waals surface area contributed by atoms with Crippen LogP contribution in [0.4, 0.5) is 5.95 Å². The molecule has 1 saturated heterocycles. The molecule has 16 heavy (non-hydrogen) atoms. The summed E-state index contributed by atoms with van der Waals surface area (Å²) in [6.07, 6.45) is 3.52. The molecule has 2 atom stereocenters. The van der Waals surface area contributed by atoms with E-state index in [1.54, 1.807) is 6.20 Å². The highest BCUT2D eigenvalue weighted by Gasteiger charge is 2.37. The molecular weight excluding hydrogens is 210 g/mol. The number of rotatable bonds is 3. The van der Waals surface area contributed by atoms with Crippen molar-refractivity contribution in [2.45, 2.75) is 6.04 Å². The number of likely N-dealkylation sites (N-methyl/N-ethyl adjacent to an activating group) is 1. The maximum absolute atomic E-state index is 11.0. The molecule has 1 aromatic rings. The van der Waals surface area contributed by atoms with Crippen molar-refractivity contribution in [3.63, 3.8) is 0 Å². The van der Waals surface area contributed by atoms with Gasteiger partial charge >= 0.3 is 5.97 Å². The fourth-order valence-corrected chi connectivity index (χ4v) is 2.01. The van der Waals surface area contributed by atoms with E-state index in [4.69, 9.17) is 9.84 Å². The van der Waals surface area contributed by atoms with Crippen LogP contribution >= 0.6 is 0 Å². The first kappa shape index (κ1) is 10.9. The van der Waals surface area contributed by atoms with Crippen LogP contribution in [0.25, 0.3) is 0 Å². The second-order valence-electron chi connectivity index (χ2n) is 4.00. The summed E-state index contributed by atoms with van der Waals surface area (Å²) in [7, 11) is 3.72. The van der Waals surface area contributed by atoms with Gasteiger partial charge in [0.2, 0.25) is 5.95 Å². The van der Waals surface area contributed by atoms with Crippen LogP contribution in [0.5, 0.6) is 0 Å². The maximum Gasteiger partial charge on any atom is 0.311 e. The molecule has 2 rings (SSSR count). The van der Waals surface area contributed by atoms with Crippen LogP contribution in [-0.4, -0.2) is 46.9 Å². The number of aryl methyl sites for hydroxylation is 1. The topological polar surface area (TPSA) is 67.6 Å². The fraction of sp³-hybridized carbons (Fsp3) is 0.600. The molecule has 6 heteroatoms. The quantitative estimate of drug-likeness (QED) is 0.781. The third kappa shape index (κ3) is 1.76. The van der Waals surface area contributed by atoms with Crippen molar-refractivity contribution < 1.29 is 14.6 Å². The Morgan fingerprint density at radius 1 is 1.69 bits per heavy atom. The molecule has 1 N–H and O–H groups in total. The van der Waals surface area contributed by atoms with Crippen LogP contribution in [0, 0.1) is 5.92 Å². The number of hydrogen-bond acceptors (Lipinski definition) is 4. The lowest BCUT2D eigenvalue weighted by Crippen LogP contribution is -2.42. The highest BCUT2D eigenvalue weighted by molar-refractivity contribution is 5.72. The van der Waals surface area contributed by atoms with E-state index in [-0.39, 0.29) is 12.6 Å². The van der Waals surface area contributed by atoms with Crippen molar-refractivity contribution in [2.24, 2.45) is 13.0 Å². The molecule has 1 aliphatic heterocycles. The zero-order valence-electron chi connectivity index (χ0n) is 9.33. The van der Waals surface area contributed by atoms with E-state index in [2.05, 4.69) is 4.98 Å². The lowest BCUT2D eigenvalue weighted by Gasteiger charge is -2.27. The number of hydrogen-bond donors (Lipinski definition) is 1. The number of aliphatic carboxylic acids is 1. The average Bonchev–Trinajstić information content (AvgIpc) is 2.84. The molecule has 1 fully saturated rings. The van der Waals surface area contributed by atoms with Crippen LogP contribution in [0.2, 0.25) is 0 Å². The van der Waals surface area contributed by atoms with Gasteiger partial charge in [0.1, 0.15) is 5.92 Å². The van der Waals surface area contributed by atoms with Gasteiger partial charge in [-0.1, -0.05) is 0 Å². The number of carboxylic acids is 1. The first-order valence-corrected chi connectivity index (χ1v) is 5.12. The Hall–Kier alpha value is -1.56. The molecule has 88 valence electrons. The van der Waals surface area contributed by atoms with Gasteiger partial charge in [0.25, 0.3) is 0 Å². The van der Waals surface area contributed by atoms with Gasteiger partial charge in [-0.25, -0.2) is 4.98 Å². The van der Waals surface area contributed by atoms with Gasteiger partial charge in [-0.3, -0.25) is 4.79 Å². The minimum Gasteiger partial charge on any atom is -0.481 e. The largest absolute Gasteiger partial charge is 0.481 e. The third-order valence-corrected chi connectivity index (χ3v) is 2.98. The molecule has 0 radical (unpaired) electrons. The Labute approximate surface area is 93.4 Å². The Balaban J connectivity index is 2.18. The van der Waals surface area contributed by atoms with Crippen LogP contribution in [0.1, 0.15) is 0 Å². The molecular formula is C10H15N3O3. The minimum absolute atomic E-state index is 0.154. The number of anilines is 1. The summed E-state index contributed by atoms with van der Waals surface area (Å²) in [5.41, 5.74) is 0. The van der Waals surface area contributed by atoms with Crippen molar-refractivity contribution in [2.75, 3.05) is 25.2 Å². The van der Waals surface area contributed by atoms with E-state index < -0.39 is 11.9 Å². The molecule has 0 bridgehead atoms. The van der Waals surface area contributed by atoms with E-state index >= 15 is 0 Å². The molecule has 6 nitrogen and oxygen atoms in total. The molecule has 2 heterocycles. The van der Waals surface area contributed by atoms with Crippen LogP contribution in [0.15, 0.2) is 12.4 Å².